The van der Waals surface area contributed by atoms with Crippen LogP contribution in [0.5, 0.6) is 0 Å². The first-order chi connectivity index (χ1) is 18.7. The number of aliphatic hydroxyl groups is 2. The van der Waals surface area contributed by atoms with Crippen LogP contribution in [0, 0.1) is 58.2 Å². The topological polar surface area (TPSA) is 94.9 Å². The van der Waals surface area contributed by atoms with Crippen LogP contribution in [-0.4, -0.2) is 66.2 Å². The molecule has 0 aromatic rings. The van der Waals surface area contributed by atoms with Gasteiger partial charge >= 0.3 is 0 Å². The number of carbonyl (C=O) groups excluding carboxylic acids is 1. The van der Waals surface area contributed by atoms with E-state index in [1.807, 2.05) is 4.90 Å². The Kier molecular flexibility index (Phi) is 8.56. The van der Waals surface area contributed by atoms with Crippen molar-refractivity contribution in [3.63, 3.8) is 0 Å². The molecule has 1 heterocycles. The second-order valence-electron chi connectivity index (χ2n) is 15.5. The molecule has 0 spiro atoms. The molecule has 40 heavy (non-hydrogen) atoms. The van der Waals surface area contributed by atoms with E-state index in [1.54, 1.807) is 0 Å². The lowest BCUT2D eigenvalue weighted by atomic mass is 9.39. The molecule has 0 radical (unpaired) electrons. The van der Waals surface area contributed by atoms with Crippen molar-refractivity contribution in [2.75, 3.05) is 19.3 Å². The van der Waals surface area contributed by atoms with Crippen molar-refractivity contribution in [2.45, 2.75) is 123 Å². The Bertz CT molecular complexity index is 1040. The summed E-state index contributed by atoms with van der Waals surface area (Å²) in [6.45, 7) is 13.1. The molecule has 4 saturated carbocycles. The highest BCUT2D eigenvalue weighted by Crippen LogP contribution is 2.70. The Morgan fingerprint density at radius 3 is 2.30 bits per heavy atom. The van der Waals surface area contributed by atoms with Gasteiger partial charge in [-0.05, 0) is 116 Å². The zero-order valence-electron chi connectivity index (χ0n) is 26.0. The largest absolute Gasteiger partial charge is 0.393 e. The molecular formula is C33H57NO5S. The standard InChI is InChI=1S/C33H57NO5S/c1-7-24-21(3)31-26-10-9-25(20(2)8-11-30(37)34-16-13-23(14-17-34)40(6,38)39)33(26,5)29(36)19-28(31)32(4)15-12-22(35)18-27(24)32/h20-29,31,35-36H,7-19H2,1-6H3. The third kappa shape index (κ3) is 5.00. The first-order valence-corrected chi connectivity index (χ1v) is 18.5. The first kappa shape index (κ1) is 30.8. The predicted octanol–water partition coefficient (Wildman–Crippen LogP) is 5.31. The summed E-state index contributed by atoms with van der Waals surface area (Å²) in [6, 6.07) is 0. The summed E-state index contributed by atoms with van der Waals surface area (Å²) in [6.07, 6.45) is 10.6. The second kappa shape index (κ2) is 11.1. The van der Waals surface area contributed by atoms with E-state index in [9.17, 15) is 23.4 Å². The highest BCUT2D eigenvalue weighted by molar-refractivity contribution is 7.91. The second-order valence-corrected chi connectivity index (χ2v) is 17.8. The lowest BCUT2D eigenvalue weighted by Gasteiger charge is -2.66. The maximum Gasteiger partial charge on any atom is 0.222 e. The lowest BCUT2D eigenvalue weighted by Crippen LogP contribution is -2.63. The van der Waals surface area contributed by atoms with Crippen LogP contribution in [0.3, 0.4) is 0 Å². The van der Waals surface area contributed by atoms with E-state index >= 15 is 0 Å². The normalized spacial score (nSPS) is 46.8. The van der Waals surface area contributed by atoms with Crippen LogP contribution >= 0.6 is 0 Å². The third-order valence-corrected chi connectivity index (χ3v) is 15.6. The summed E-state index contributed by atoms with van der Waals surface area (Å²) < 4.78 is 23.8. The van der Waals surface area contributed by atoms with Gasteiger partial charge in [0.25, 0.3) is 0 Å². The number of sulfone groups is 1. The SMILES string of the molecule is CCC1C(C)C2C(CC(O)C3(C)C(C(C)CCC(=O)N4CCC(S(C)(=O)=O)CC4)CCC23)C2(C)CCC(O)CC12. The number of nitrogens with zero attached hydrogens (tertiary/aromatic N) is 1. The van der Waals surface area contributed by atoms with E-state index < -0.39 is 9.84 Å². The number of aliphatic hydroxyl groups excluding tert-OH is 2. The van der Waals surface area contributed by atoms with Gasteiger partial charge in [0, 0.05) is 25.8 Å². The number of likely N-dealkylation sites (tertiary alicyclic amines) is 1. The third-order valence-electron chi connectivity index (χ3n) is 13.9. The van der Waals surface area contributed by atoms with Crippen LogP contribution in [0.4, 0.5) is 0 Å². The zero-order chi connectivity index (χ0) is 29.2. The van der Waals surface area contributed by atoms with Crippen molar-refractivity contribution < 1.29 is 23.4 Å². The fourth-order valence-electron chi connectivity index (χ4n) is 11.6. The van der Waals surface area contributed by atoms with Crippen LogP contribution in [0.25, 0.3) is 0 Å². The van der Waals surface area contributed by atoms with Gasteiger partial charge in [0.2, 0.25) is 5.91 Å². The van der Waals surface area contributed by atoms with Crippen LogP contribution < -0.4 is 0 Å². The van der Waals surface area contributed by atoms with E-state index in [2.05, 4.69) is 34.6 Å². The van der Waals surface area contributed by atoms with E-state index in [0.717, 1.165) is 38.5 Å². The van der Waals surface area contributed by atoms with Crippen molar-refractivity contribution in [1.82, 2.24) is 4.90 Å². The average Bonchev–Trinajstić information content (AvgIpc) is 3.27. The molecule has 12 atom stereocenters. The highest BCUT2D eigenvalue weighted by atomic mass is 32.2. The molecule has 6 nitrogen and oxygen atoms in total. The van der Waals surface area contributed by atoms with Gasteiger partial charge in [0.1, 0.15) is 9.84 Å². The van der Waals surface area contributed by atoms with Crippen molar-refractivity contribution in [3.05, 3.63) is 0 Å². The van der Waals surface area contributed by atoms with Gasteiger partial charge in [-0.3, -0.25) is 4.79 Å². The van der Waals surface area contributed by atoms with E-state index in [0.29, 0.717) is 79.7 Å². The zero-order valence-corrected chi connectivity index (χ0v) is 26.8. The van der Waals surface area contributed by atoms with Crippen molar-refractivity contribution in [2.24, 2.45) is 58.2 Å². The van der Waals surface area contributed by atoms with Gasteiger partial charge in [0.15, 0.2) is 0 Å². The van der Waals surface area contributed by atoms with Crippen molar-refractivity contribution in [3.8, 4) is 0 Å². The molecule has 7 heteroatoms. The Morgan fingerprint density at radius 2 is 1.68 bits per heavy atom. The van der Waals surface area contributed by atoms with Gasteiger partial charge in [-0.15, -0.1) is 0 Å². The van der Waals surface area contributed by atoms with Crippen LogP contribution in [-0.2, 0) is 14.6 Å². The fraction of sp³-hybridized carbons (Fsp3) is 0.970. The van der Waals surface area contributed by atoms with Crippen LogP contribution in [0.2, 0.25) is 0 Å². The van der Waals surface area contributed by atoms with Gasteiger partial charge in [-0.25, -0.2) is 8.42 Å². The minimum atomic E-state index is -3.04. The summed E-state index contributed by atoms with van der Waals surface area (Å²) in [5, 5.41) is 22.3. The maximum atomic E-state index is 13.1. The fourth-order valence-corrected chi connectivity index (χ4v) is 12.7. The van der Waals surface area contributed by atoms with E-state index in [-0.39, 0.29) is 34.2 Å². The number of carbonyl (C=O) groups is 1. The first-order valence-electron chi connectivity index (χ1n) is 16.6. The maximum absolute atomic E-state index is 13.1. The van der Waals surface area contributed by atoms with Crippen LogP contribution in [0.1, 0.15) is 105 Å². The van der Waals surface area contributed by atoms with Gasteiger partial charge < -0.3 is 15.1 Å². The predicted molar refractivity (Wildman–Crippen MR) is 159 cm³/mol. The van der Waals surface area contributed by atoms with Gasteiger partial charge in [-0.1, -0.05) is 41.0 Å². The molecular weight excluding hydrogens is 522 g/mol. The molecule has 0 aromatic carbocycles. The number of hydrogen-bond donors (Lipinski definition) is 2. The van der Waals surface area contributed by atoms with Gasteiger partial charge in [0.05, 0.1) is 17.5 Å². The number of amides is 1. The molecule has 1 aliphatic heterocycles. The Morgan fingerprint density at radius 1 is 1.00 bits per heavy atom. The molecule has 4 aliphatic carbocycles. The Hall–Kier alpha value is -0.660. The molecule has 12 unspecified atom stereocenters. The van der Waals surface area contributed by atoms with Crippen molar-refractivity contribution >= 4 is 15.7 Å². The number of fused-ring (bicyclic) bond motifs is 5. The number of piperidine rings is 1. The number of rotatable bonds is 6. The molecule has 5 aliphatic rings. The smallest absolute Gasteiger partial charge is 0.222 e. The average molecular weight is 580 g/mol. The molecule has 1 saturated heterocycles. The molecule has 2 N–H and O–H groups in total. The molecule has 5 rings (SSSR count). The summed E-state index contributed by atoms with van der Waals surface area (Å²) in [4.78, 5) is 15.0. The van der Waals surface area contributed by atoms with Crippen molar-refractivity contribution in [1.29, 1.82) is 0 Å². The molecule has 5 fully saturated rings. The van der Waals surface area contributed by atoms with Gasteiger partial charge in [-0.2, -0.15) is 0 Å². The Balaban J connectivity index is 1.28. The summed E-state index contributed by atoms with van der Waals surface area (Å²) >= 11 is 0. The summed E-state index contributed by atoms with van der Waals surface area (Å²) in [5.74, 6) is 4.43. The number of hydrogen-bond acceptors (Lipinski definition) is 5. The highest BCUT2D eigenvalue weighted by Gasteiger charge is 2.66. The minimum Gasteiger partial charge on any atom is -0.393 e. The van der Waals surface area contributed by atoms with E-state index in [4.69, 9.17) is 0 Å². The molecule has 0 aromatic heterocycles. The Labute approximate surface area is 244 Å². The monoisotopic (exact) mass is 579 g/mol. The van der Waals surface area contributed by atoms with E-state index in [1.165, 1.54) is 19.1 Å². The quantitative estimate of drug-likeness (QED) is 0.445. The summed E-state index contributed by atoms with van der Waals surface area (Å²) in [5.41, 5.74) is 0.0987. The lowest BCUT2D eigenvalue weighted by molar-refractivity contribution is -0.209. The molecule has 1 amide bonds. The summed E-state index contributed by atoms with van der Waals surface area (Å²) in [7, 11) is -3.04. The van der Waals surface area contributed by atoms with Crippen LogP contribution in [0.15, 0.2) is 0 Å². The molecule has 0 bridgehead atoms. The molecule has 230 valence electrons. The minimum absolute atomic E-state index is 0.110.